The fourth-order valence-corrected chi connectivity index (χ4v) is 1.04. The van der Waals surface area contributed by atoms with Gasteiger partial charge in [0.2, 0.25) is 0 Å². The van der Waals surface area contributed by atoms with Crippen LogP contribution in [-0.4, -0.2) is 23.1 Å². The van der Waals surface area contributed by atoms with E-state index < -0.39 is 0 Å². The van der Waals surface area contributed by atoms with Crippen LogP contribution in [0.15, 0.2) is 18.3 Å². The second-order valence-electron chi connectivity index (χ2n) is 3.03. The van der Waals surface area contributed by atoms with E-state index in [1.807, 2.05) is 26.0 Å². The third-order valence-corrected chi connectivity index (χ3v) is 1.77. The molecule has 1 aromatic rings. The lowest BCUT2D eigenvalue weighted by Gasteiger charge is -2.05. The van der Waals surface area contributed by atoms with Crippen LogP contribution in [0, 0.1) is 13.8 Å². The van der Waals surface area contributed by atoms with Gasteiger partial charge in [-0.15, -0.1) is 0 Å². The minimum Gasteiger partial charge on any atom is -0.365 e. The minimum absolute atomic E-state index is 0.570. The van der Waals surface area contributed by atoms with Crippen LogP contribution in [0.25, 0.3) is 0 Å². The number of rotatable bonds is 4. The van der Waals surface area contributed by atoms with E-state index >= 15 is 0 Å². The molecule has 14 heavy (non-hydrogen) atoms. The van der Waals surface area contributed by atoms with Crippen molar-refractivity contribution in [2.75, 3.05) is 18.4 Å². The number of aromatic nitrogens is 2. The summed E-state index contributed by atoms with van der Waals surface area (Å²) in [5, 5.41) is 3.17. The van der Waals surface area contributed by atoms with Gasteiger partial charge in [-0.2, -0.15) is 0 Å². The van der Waals surface area contributed by atoms with E-state index in [1.54, 1.807) is 6.20 Å². The van der Waals surface area contributed by atoms with Crippen molar-refractivity contribution in [1.82, 2.24) is 9.97 Å². The Morgan fingerprint density at radius 1 is 1.43 bits per heavy atom. The van der Waals surface area contributed by atoms with Crippen molar-refractivity contribution in [3.63, 3.8) is 0 Å². The van der Waals surface area contributed by atoms with Crippen LogP contribution in [0.5, 0.6) is 0 Å². The Hall–Kier alpha value is -1.42. The Kier molecular flexibility index (Phi) is 4.07. The van der Waals surface area contributed by atoms with Gasteiger partial charge in [-0.25, -0.2) is 4.98 Å². The average molecular weight is 192 g/mol. The number of hydrogen-bond acceptors (Lipinski definition) is 4. The number of anilines is 1. The molecule has 4 nitrogen and oxygen atoms in total. The summed E-state index contributed by atoms with van der Waals surface area (Å²) in [6.07, 6.45) is 5.64. The standard InChI is InChI=1S/C10H16N4/c1-8-7-13-9(2)10(14-8)12-6-4-3-5-11/h3-4,7H,5-6,11H2,1-2H3,(H,12,14)/b4-3+. The smallest absolute Gasteiger partial charge is 0.147 e. The largest absolute Gasteiger partial charge is 0.365 e. The van der Waals surface area contributed by atoms with Gasteiger partial charge in [0.05, 0.1) is 11.4 Å². The summed E-state index contributed by atoms with van der Waals surface area (Å²) in [5.74, 6) is 0.840. The van der Waals surface area contributed by atoms with Gasteiger partial charge in [0, 0.05) is 19.3 Å². The molecule has 0 aliphatic carbocycles. The van der Waals surface area contributed by atoms with E-state index in [0.29, 0.717) is 6.54 Å². The van der Waals surface area contributed by atoms with Crippen LogP contribution >= 0.6 is 0 Å². The molecule has 76 valence electrons. The molecule has 0 bridgehead atoms. The van der Waals surface area contributed by atoms with E-state index in [9.17, 15) is 0 Å². The Bertz CT molecular complexity index is 320. The minimum atomic E-state index is 0.570. The van der Waals surface area contributed by atoms with Gasteiger partial charge in [0.1, 0.15) is 5.82 Å². The maximum atomic E-state index is 5.32. The SMILES string of the molecule is Cc1cnc(C)c(NC/C=C/CN)n1. The summed E-state index contributed by atoms with van der Waals surface area (Å²) in [5.41, 5.74) is 7.15. The first-order valence-corrected chi connectivity index (χ1v) is 4.63. The fourth-order valence-electron chi connectivity index (χ4n) is 1.04. The second kappa shape index (κ2) is 5.34. The number of nitrogens with zero attached hydrogens (tertiary/aromatic N) is 2. The molecule has 0 saturated heterocycles. The molecule has 0 amide bonds. The summed E-state index contributed by atoms with van der Waals surface area (Å²) in [7, 11) is 0. The molecule has 0 atom stereocenters. The van der Waals surface area contributed by atoms with Crippen LogP contribution in [0.1, 0.15) is 11.4 Å². The lowest BCUT2D eigenvalue weighted by molar-refractivity contribution is 1.05. The lowest BCUT2D eigenvalue weighted by Crippen LogP contribution is -2.05. The van der Waals surface area contributed by atoms with Crippen LogP contribution in [0.4, 0.5) is 5.82 Å². The molecule has 0 unspecified atom stereocenters. The Morgan fingerprint density at radius 2 is 2.21 bits per heavy atom. The number of nitrogens with two attached hydrogens (primary N) is 1. The van der Waals surface area contributed by atoms with Crippen molar-refractivity contribution in [2.45, 2.75) is 13.8 Å². The molecule has 0 saturated carbocycles. The molecule has 0 aliphatic rings. The van der Waals surface area contributed by atoms with E-state index in [0.717, 1.165) is 23.8 Å². The maximum Gasteiger partial charge on any atom is 0.147 e. The number of hydrogen-bond donors (Lipinski definition) is 2. The van der Waals surface area contributed by atoms with E-state index in [1.165, 1.54) is 0 Å². The summed E-state index contributed by atoms with van der Waals surface area (Å²) < 4.78 is 0. The normalized spacial score (nSPS) is 10.8. The quantitative estimate of drug-likeness (QED) is 0.699. The summed E-state index contributed by atoms with van der Waals surface area (Å²) in [6.45, 7) is 5.16. The van der Waals surface area contributed by atoms with Gasteiger partial charge in [-0.3, -0.25) is 4.98 Å². The highest BCUT2D eigenvalue weighted by molar-refractivity contribution is 5.40. The van der Waals surface area contributed by atoms with Crippen molar-refractivity contribution in [3.05, 3.63) is 29.7 Å². The van der Waals surface area contributed by atoms with Gasteiger partial charge >= 0.3 is 0 Å². The molecule has 4 heteroatoms. The predicted molar refractivity (Wildman–Crippen MR) is 58.2 cm³/mol. The predicted octanol–water partition coefficient (Wildman–Crippen LogP) is 1.02. The fraction of sp³-hybridized carbons (Fsp3) is 0.400. The van der Waals surface area contributed by atoms with Crippen LogP contribution in [0.2, 0.25) is 0 Å². The monoisotopic (exact) mass is 192 g/mol. The molecule has 0 radical (unpaired) electrons. The molecule has 1 aromatic heterocycles. The molecule has 0 spiro atoms. The highest BCUT2D eigenvalue weighted by Crippen LogP contribution is 2.07. The van der Waals surface area contributed by atoms with Crippen molar-refractivity contribution in [2.24, 2.45) is 5.73 Å². The van der Waals surface area contributed by atoms with Gasteiger partial charge in [0.25, 0.3) is 0 Å². The zero-order valence-electron chi connectivity index (χ0n) is 8.62. The molecular weight excluding hydrogens is 176 g/mol. The first kappa shape index (κ1) is 10.7. The van der Waals surface area contributed by atoms with Crippen molar-refractivity contribution >= 4 is 5.82 Å². The molecule has 1 rings (SSSR count). The maximum absolute atomic E-state index is 5.32. The van der Waals surface area contributed by atoms with Crippen molar-refractivity contribution < 1.29 is 0 Å². The highest BCUT2D eigenvalue weighted by atomic mass is 15.0. The van der Waals surface area contributed by atoms with Crippen molar-refractivity contribution in [3.8, 4) is 0 Å². The summed E-state index contributed by atoms with van der Waals surface area (Å²) in [6, 6.07) is 0. The van der Waals surface area contributed by atoms with Crippen LogP contribution < -0.4 is 11.1 Å². The summed E-state index contributed by atoms with van der Waals surface area (Å²) in [4.78, 5) is 8.54. The Labute approximate surface area is 84.3 Å². The highest BCUT2D eigenvalue weighted by Gasteiger charge is 1.98. The van der Waals surface area contributed by atoms with Crippen molar-refractivity contribution in [1.29, 1.82) is 0 Å². The van der Waals surface area contributed by atoms with E-state index in [2.05, 4.69) is 15.3 Å². The zero-order valence-corrected chi connectivity index (χ0v) is 8.62. The van der Waals surface area contributed by atoms with Crippen LogP contribution in [-0.2, 0) is 0 Å². The Balaban J connectivity index is 2.57. The Morgan fingerprint density at radius 3 is 2.93 bits per heavy atom. The molecule has 0 aromatic carbocycles. The summed E-state index contributed by atoms with van der Waals surface area (Å²) >= 11 is 0. The molecular formula is C10H16N4. The van der Waals surface area contributed by atoms with Gasteiger partial charge < -0.3 is 11.1 Å². The van der Waals surface area contributed by atoms with Gasteiger partial charge in [-0.1, -0.05) is 12.2 Å². The van der Waals surface area contributed by atoms with E-state index in [4.69, 9.17) is 5.73 Å². The molecule has 0 fully saturated rings. The zero-order chi connectivity index (χ0) is 10.4. The first-order valence-electron chi connectivity index (χ1n) is 4.63. The van der Waals surface area contributed by atoms with Crippen LogP contribution in [0.3, 0.4) is 0 Å². The van der Waals surface area contributed by atoms with E-state index in [-0.39, 0.29) is 0 Å². The third-order valence-electron chi connectivity index (χ3n) is 1.77. The topological polar surface area (TPSA) is 63.8 Å². The van der Waals surface area contributed by atoms with Gasteiger partial charge in [-0.05, 0) is 13.8 Å². The molecule has 1 heterocycles. The lowest BCUT2D eigenvalue weighted by atomic mass is 10.4. The first-order chi connectivity index (χ1) is 6.74. The average Bonchev–Trinajstić information content (AvgIpc) is 2.18. The third kappa shape index (κ3) is 3.14. The van der Waals surface area contributed by atoms with Gasteiger partial charge in [0.15, 0.2) is 0 Å². The second-order valence-corrected chi connectivity index (χ2v) is 3.03. The molecule has 3 N–H and O–H groups in total. The number of nitrogens with one attached hydrogen (secondary N) is 1. The number of aryl methyl sites for hydroxylation is 2. The molecule has 0 aliphatic heterocycles.